The summed E-state index contributed by atoms with van der Waals surface area (Å²) in [6.07, 6.45) is 5.46. The van der Waals surface area contributed by atoms with Crippen molar-refractivity contribution in [2.24, 2.45) is 0 Å². The van der Waals surface area contributed by atoms with Gasteiger partial charge in [-0.25, -0.2) is 5.01 Å². The normalized spacial score (nSPS) is 16.1. The molecule has 1 aromatic carbocycles. The Labute approximate surface area is 145 Å². The third kappa shape index (κ3) is 3.13. The molecule has 0 saturated carbocycles. The Kier molecular flexibility index (Phi) is 4.83. The number of aromatic nitrogens is 1. The molecule has 1 aromatic heterocycles. The number of nitrogens with zero attached hydrogens (tertiary/aromatic N) is 3. The Balaban J connectivity index is 2.08. The molecule has 1 amide bonds. The third-order valence-corrected chi connectivity index (χ3v) is 4.13. The van der Waals surface area contributed by atoms with Gasteiger partial charge in [0.15, 0.2) is 0 Å². The summed E-state index contributed by atoms with van der Waals surface area (Å²) < 4.78 is 0. The summed E-state index contributed by atoms with van der Waals surface area (Å²) >= 11 is 5.98. The van der Waals surface area contributed by atoms with Gasteiger partial charge < -0.3 is 5.11 Å². The van der Waals surface area contributed by atoms with Crippen molar-refractivity contribution in [1.82, 2.24) is 9.99 Å². The molecule has 124 valence electrons. The molecule has 0 saturated heterocycles. The van der Waals surface area contributed by atoms with Gasteiger partial charge >= 0.3 is 0 Å². The van der Waals surface area contributed by atoms with Gasteiger partial charge in [0.2, 0.25) is 5.91 Å². The van der Waals surface area contributed by atoms with Crippen LogP contribution in [0, 0.1) is 0 Å². The number of rotatable bonds is 4. The lowest BCUT2D eigenvalue weighted by Crippen LogP contribution is -2.53. The second kappa shape index (κ2) is 7.03. The summed E-state index contributed by atoms with van der Waals surface area (Å²) in [6, 6.07) is 10.8. The monoisotopic (exact) mass is 343 g/mol. The quantitative estimate of drug-likeness (QED) is 0.926. The lowest BCUT2D eigenvalue weighted by molar-refractivity contribution is -0.121. The molecule has 0 aliphatic carbocycles. The zero-order valence-electron chi connectivity index (χ0n) is 13.3. The number of amides is 1. The van der Waals surface area contributed by atoms with E-state index >= 15 is 0 Å². The molecule has 3 rings (SSSR count). The highest BCUT2D eigenvalue weighted by molar-refractivity contribution is 6.30. The van der Waals surface area contributed by atoms with Crippen molar-refractivity contribution in [3.05, 3.63) is 65.5 Å². The average molecular weight is 344 g/mol. The fourth-order valence-electron chi connectivity index (χ4n) is 2.72. The van der Waals surface area contributed by atoms with Crippen molar-refractivity contribution in [2.45, 2.75) is 19.4 Å². The number of aliphatic hydroxyl groups excluding tert-OH is 1. The molecule has 0 radical (unpaired) electrons. The maximum Gasteiger partial charge on any atom is 0.249 e. The van der Waals surface area contributed by atoms with E-state index in [-0.39, 0.29) is 25.0 Å². The smallest absolute Gasteiger partial charge is 0.249 e. The van der Waals surface area contributed by atoms with Crippen LogP contribution in [0.5, 0.6) is 0 Å². The number of carbonyl (C=O) groups excluding carboxylic acids is 1. The van der Waals surface area contributed by atoms with Gasteiger partial charge in [0.05, 0.1) is 30.2 Å². The molecule has 1 N–H and O–H groups in total. The molecule has 24 heavy (non-hydrogen) atoms. The van der Waals surface area contributed by atoms with E-state index in [1.807, 2.05) is 48.3 Å². The molecule has 0 spiro atoms. The fourth-order valence-corrected chi connectivity index (χ4v) is 2.85. The van der Waals surface area contributed by atoms with Crippen LogP contribution >= 0.6 is 11.6 Å². The zero-order chi connectivity index (χ0) is 17.1. The first-order chi connectivity index (χ1) is 11.6. The van der Waals surface area contributed by atoms with Gasteiger partial charge in [0.1, 0.15) is 0 Å². The maximum absolute atomic E-state index is 12.6. The van der Waals surface area contributed by atoms with Crippen molar-refractivity contribution in [2.75, 3.05) is 11.6 Å². The largest absolute Gasteiger partial charge is 0.394 e. The molecule has 2 heterocycles. The van der Waals surface area contributed by atoms with Crippen LogP contribution < -0.4 is 5.01 Å². The number of anilines is 1. The van der Waals surface area contributed by atoms with Gasteiger partial charge in [-0.3, -0.25) is 14.8 Å². The van der Waals surface area contributed by atoms with Gasteiger partial charge in [-0.15, -0.1) is 0 Å². The Morgan fingerprint density at radius 3 is 2.67 bits per heavy atom. The number of aliphatic hydroxyl groups is 1. The van der Waals surface area contributed by atoms with Gasteiger partial charge in [-0.2, -0.15) is 0 Å². The van der Waals surface area contributed by atoms with E-state index in [1.54, 1.807) is 23.5 Å². The van der Waals surface area contributed by atoms with Crippen LogP contribution in [-0.2, 0) is 4.79 Å². The Hall–Kier alpha value is -2.37. The first-order valence-corrected chi connectivity index (χ1v) is 8.08. The van der Waals surface area contributed by atoms with Crippen LogP contribution in [0.25, 0.3) is 5.70 Å². The highest BCUT2D eigenvalue weighted by Crippen LogP contribution is 2.32. The summed E-state index contributed by atoms with van der Waals surface area (Å²) in [5.74, 6) is -0.0685. The van der Waals surface area contributed by atoms with E-state index in [4.69, 9.17) is 11.6 Å². The standard InChI is InChI=1S/C18H18ClN3O2/c1-13(12-23)21-17(14-4-6-15(19)7-5-14)8-9-18(24)22(21)16-3-2-10-20-11-16/h2-8,10-11,13,23H,9,12H2,1H3/t13-/m0/s1. The van der Waals surface area contributed by atoms with E-state index in [1.165, 1.54) is 0 Å². The molecule has 6 heteroatoms. The predicted molar refractivity (Wildman–Crippen MR) is 94.2 cm³/mol. The predicted octanol–water partition coefficient (Wildman–Crippen LogP) is 3.11. The fraction of sp³-hybridized carbons (Fsp3) is 0.222. The minimum absolute atomic E-state index is 0.0685. The van der Waals surface area contributed by atoms with E-state index in [9.17, 15) is 9.90 Å². The average Bonchev–Trinajstić information content (AvgIpc) is 2.62. The molecule has 0 unspecified atom stereocenters. The van der Waals surface area contributed by atoms with Gasteiger partial charge in [0, 0.05) is 17.6 Å². The summed E-state index contributed by atoms with van der Waals surface area (Å²) in [6.45, 7) is 1.78. The molecular weight excluding hydrogens is 326 g/mol. The van der Waals surface area contributed by atoms with Crippen molar-refractivity contribution >= 4 is 28.9 Å². The van der Waals surface area contributed by atoms with Crippen molar-refractivity contribution < 1.29 is 9.90 Å². The van der Waals surface area contributed by atoms with Crippen LogP contribution in [0.3, 0.4) is 0 Å². The number of pyridine rings is 1. The molecule has 1 aliphatic rings. The molecule has 1 aliphatic heterocycles. The first-order valence-electron chi connectivity index (χ1n) is 7.71. The van der Waals surface area contributed by atoms with Gasteiger partial charge in [0.25, 0.3) is 0 Å². The number of hydrogen-bond donors (Lipinski definition) is 1. The van der Waals surface area contributed by atoms with Crippen molar-refractivity contribution in [1.29, 1.82) is 0 Å². The molecule has 5 nitrogen and oxygen atoms in total. The number of benzene rings is 1. The van der Waals surface area contributed by atoms with Crippen LogP contribution in [0.1, 0.15) is 18.9 Å². The van der Waals surface area contributed by atoms with Crippen LogP contribution in [0.4, 0.5) is 5.69 Å². The molecule has 0 bridgehead atoms. The minimum atomic E-state index is -0.281. The number of carbonyl (C=O) groups is 1. The lowest BCUT2D eigenvalue weighted by Gasteiger charge is -2.43. The molecule has 0 fully saturated rings. The second-order valence-electron chi connectivity index (χ2n) is 5.59. The maximum atomic E-state index is 12.6. The SMILES string of the molecule is C[C@@H](CO)N1C(c2ccc(Cl)cc2)=CCC(=O)N1c1cccnc1. The second-order valence-corrected chi connectivity index (χ2v) is 6.03. The topological polar surface area (TPSA) is 56.7 Å². The molecular formula is C18H18ClN3O2. The zero-order valence-corrected chi connectivity index (χ0v) is 14.0. The Morgan fingerprint density at radius 2 is 2.04 bits per heavy atom. The number of hydrogen-bond acceptors (Lipinski definition) is 4. The Bertz CT molecular complexity index is 747. The van der Waals surface area contributed by atoms with E-state index in [0.29, 0.717) is 10.7 Å². The lowest BCUT2D eigenvalue weighted by atomic mass is 10.1. The molecule has 1 atom stereocenters. The van der Waals surface area contributed by atoms with Crippen molar-refractivity contribution in [3.8, 4) is 0 Å². The van der Waals surface area contributed by atoms with E-state index < -0.39 is 0 Å². The van der Waals surface area contributed by atoms with Crippen molar-refractivity contribution in [3.63, 3.8) is 0 Å². The third-order valence-electron chi connectivity index (χ3n) is 3.88. The van der Waals surface area contributed by atoms with Crippen LogP contribution in [0.15, 0.2) is 54.9 Å². The molecule has 2 aromatic rings. The number of hydrazine groups is 1. The Morgan fingerprint density at radius 1 is 1.29 bits per heavy atom. The summed E-state index contributed by atoms with van der Waals surface area (Å²) in [5.41, 5.74) is 2.46. The van der Waals surface area contributed by atoms with Gasteiger partial charge in [-0.05, 0) is 42.8 Å². The highest BCUT2D eigenvalue weighted by atomic mass is 35.5. The first kappa shape index (κ1) is 16.5. The minimum Gasteiger partial charge on any atom is -0.394 e. The number of halogens is 1. The summed E-state index contributed by atoms with van der Waals surface area (Å²) in [4.78, 5) is 16.7. The van der Waals surface area contributed by atoms with E-state index in [0.717, 1.165) is 11.3 Å². The van der Waals surface area contributed by atoms with Crippen LogP contribution in [0.2, 0.25) is 5.02 Å². The highest BCUT2D eigenvalue weighted by Gasteiger charge is 2.32. The van der Waals surface area contributed by atoms with Gasteiger partial charge in [-0.1, -0.05) is 23.7 Å². The summed E-state index contributed by atoms with van der Waals surface area (Å²) in [5, 5.41) is 13.7. The summed E-state index contributed by atoms with van der Waals surface area (Å²) in [7, 11) is 0. The van der Waals surface area contributed by atoms with E-state index in [2.05, 4.69) is 4.98 Å². The van der Waals surface area contributed by atoms with Crippen LogP contribution in [-0.4, -0.2) is 33.7 Å².